The minimum absolute atomic E-state index is 0.175. The number of hydrogen-bond acceptors (Lipinski definition) is 5. The summed E-state index contributed by atoms with van der Waals surface area (Å²) < 4.78 is 10.5. The Bertz CT molecular complexity index is 401. The molecule has 0 spiro atoms. The highest BCUT2D eigenvalue weighted by Gasteiger charge is 2.04. The fourth-order valence-corrected chi connectivity index (χ4v) is 2.46. The lowest BCUT2D eigenvalue weighted by molar-refractivity contribution is -0.140. The third kappa shape index (κ3) is 5.06. The van der Waals surface area contributed by atoms with E-state index in [9.17, 15) is 4.79 Å². The number of esters is 1. The minimum atomic E-state index is -0.175. The van der Waals surface area contributed by atoms with Gasteiger partial charge in [-0.15, -0.1) is 11.8 Å². The Kier molecular flexibility index (Phi) is 6.75. The summed E-state index contributed by atoms with van der Waals surface area (Å²) in [6, 6.07) is 7.65. The molecule has 0 heterocycles. The summed E-state index contributed by atoms with van der Waals surface area (Å²) in [5.41, 5.74) is 1.01. The third-order valence-electron chi connectivity index (χ3n) is 2.31. The number of methoxy groups -OCH3 is 2. The second kappa shape index (κ2) is 8.11. The van der Waals surface area contributed by atoms with E-state index in [-0.39, 0.29) is 5.97 Å². The molecule has 0 atom stereocenters. The standard InChI is InChI=1S/C13H16O3S2/c1-15-11-7-5-10(6-8-11)13(17)18-9-3-4-12(14)16-2/h5-8H,3-4,9H2,1-2H3. The summed E-state index contributed by atoms with van der Waals surface area (Å²) in [5, 5.41) is 0. The molecule has 0 saturated heterocycles. The Morgan fingerprint density at radius 3 is 2.50 bits per heavy atom. The molecule has 1 rings (SSSR count). The van der Waals surface area contributed by atoms with E-state index in [1.807, 2.05) is 24.3 Å². The molecule has 1 aromatic rings. The number of thioether (sulfide) groups is 1. The van der Waals surface area contributed by atoms with Crippen LogP contribution in [0.5, 0.6) is 5.75 Å². The quantitative estimate of drug-likeness (QED) is 0.456. The Morgan fingerprint density at radius 2 is 1.94 bits per heavy atom. The average Bonchev–Trinajstić information content (AvgIpc) is 2.43. The first-order chi connectivity index (χ1) is 8.67. The van der Waals surface area contributed by atoms with Crippen LogP contribution in [-0.2, 0) is 9.53 Å². The normalized spacial score (nSPS) is 9.89. The van der Waals surface area contributed by atoms with Crippen LogP contribution in [0.4, 0.5) is 0 Å². The van der Waals surface area contributed by atoms with Gasteiger partial charge in [0.25, 0.3) is 0 Å². The van der Waals surface area contributed by atoms with Crippen LogP contribution in [0.3, 0.4) is 0 Å². The van der Waals surface area contributed by atoms with Gasteiger partial charge in [0.05, 0.1) is 18.4 Å². The van der Waals surface area contributed by atoms with Gasteiger partial charge in [-0.3, -0.25) is 4.79 Å². The number of benzene rings is 1. The second-order valence-electron chi connectivity index (χ2n) is 3.54. The van der Waals surface area contributed by atoms with E-state index >= 15 is 0 Å². The molecule has 98 valence electrons. The molecule has 0 aliphatic carbocycles. The first-order valence-corrected chi connectivity index (χ1v) is 6.94. The van der Waals surface area contributed by atoms with Crippen molar-refractivity contribution in [3.05, 3.63) is 29.8 Å². The largest absolute Gasteiger partial charge is 0.497 e. The van der Waals surface area contributed by atoms with E-state index in [4.69, 9.17) is 17.0 Å². The number of hydrogen-bond donors (Lipinski definition) is 0. The van der Waals surface area contributed by atoms with Crippen molar-refractivity contribution in [2.45, 2.75) is 12.8 Å². The molecule has 1 aromatic carbocycles. The molecular weight excluding hydrogens is 268 g/mol. The predicted octanol–water partition coefficient (Wildman–Crippen LogP) is 3.06. The molecule has 5 heteroatoms. The van der Waals surface area contributed by atoms with Crippen LogP contribution in [0.25, 0.3) is 0 Å². The van der Waals surface area contributed by atoms with Crippen molar-refractivity contribution in [3.8, 4) is 5.75 Å². The van der Waals surface area contributed by atoms with Gasteiger partial charge in [0.15, 0.2) is 0 Å². The van der Waals surface area contributed by atoms with Crippen molar-refractivity contribution in [2.75, 3.05) is 20.0 Å². The smallest absolute Gasteiger partial charge is 0.305 e. The predicted molar refractivity (Wildman–Crippen MR) is 78.4 cm³/mol. The first-order valence-electron chi connectivity index (χ1n) is 5.55. The highest BCUT2D eigenvalue weighted by molar-refractivity contribution is 8.23. The van der Waals surface area contributed by atoms with Gasteiger partial charge in [-0.1, -0.05) is 12.2 Å². The van der Waals surface area contributed by atoms with E-state index < -0.39 is 0 Å². The van der Waals surface area contributed by atoms with Crippen LogP contribution in [0.1, 0.15) is 18.4 Å². The van der Waals surface area contributed by atoms with E-state index in [2.05, 4.69) is 4.74 Å². The van der Waals surface area contributed by atoms with Crippen molar-refractivity contribution < 1.29 is 14.3 Å². The molecule has 0 aromatic heterocycles. The summed E-state index contributed by atoms with van der Waals surface area (Å²) >= 11 is 6.89. The Hall–Kier alpha value is -1.07. The van der Waals surface area contributed by atoms with Crippen LogP contribution in [-0.4, -0.2) is 30.1 Å². The molecular formula is C13H16O3S2. The van der Waals surface area contributed by atoms with E-state index in [1.54, 1.807) is 18.9 Å². The molecule has 0 aliphatic heterocycles. The maximum Gasteiger partial charge on any atom is 0.305 e. The summed E-state index contributed by atoms with van der Waals surface area (Å²) in [5.74, 6) is 1.46. The zero-order valence-corrected chi connectivity index (χ0v) is 12.1. The zero-order valence-electron chi connectivity index (χ0n) is 10.5. The SMILES string of the molecule is COC(=O)CCCSC(=S)c1ccc(OC)cc1. The third-order valence-corrected chi connectivity index (χ3v) is 3.89. The van der Waals surface area contributed by atoms with Crippen molar-refractivity contribution in [1.29, 1.82) is 0 Å². The number of rotatable bonds is 6. The molecule has 0 aliphatic rings. The fraction of sp³-hybridized carbons (Fsp3) is 0.385. The monoisotopic (exact) mass is 284 g/mol. The second-order valence-corrected chi connectivity index (χ2v) is 5.32. The Balaban J connectivity index is 2.33. The van der Waals surface area contributed by atoms with Gasteiger partial charge < -0.3 is 9.47 Å². The van der Waals surface area contributed by atoms with Gasteiger partial charge >= 0.3 is 5.97 Å². The van der Waals surface area contributed by atoms with Gasteiger partial charge in [0.2, 0.25) is 0 Å². The summed E-state index contributed by atoms with van der Waals surface area (Å²) in [6.07, 6.45) is 1.21. The molecule has 0 bridgehead atoms. The van der Waals surface area contributed by atoms with Gasteiger partial charge in [-0.2, -0.15) is 0 Å². The topological polar surface area (TPSA) is 35.5 Å². The molecule has 18 heavy (non-hydrogen) atoms. The molecule has 0 fully saturated rings. The van der Waals surface area contributed by atoms with Crippen molar-refractivity contribution in [1.82, 2.24) is 0 Å². The molecule has 3 nitrogen and oxygen atoms in total. The van der Waals surface area contributed by atoms with E-state index in [0.717, 1.165) is 27.7 Å². The lowest BCUT2D eigenvalue weighted by Crippen LogP contribution is -2.01. The number of thiocarbonyl (C=S) groups is 1. The lowest BCUT2D eigenvalue weighted by atomic mass is 10.2. The summed E-state index contributed by atoms with van der Waals surface area (Å²) in [6.45, 7) is 0. The number of carbonyl (C=O) groups is 1. The van der Waals surface area contributed by atoms with Crippen molar-refractivity contribution in [2.24, 2.45) is 0 Å². The fourth-order valence-electron chi connectivity index (χ4n) is 1.29. The highest BCUT2D eigenvalue weighted by Crippen LogP contribution is 2.18. The van der Waals surface area contributed by atoms with E-state index in [0.29, 0.717) is 6.42 Å². The van der Waals surface area contributed by atoms with E-state index in [1.165, 1.54) is 7.11 Å². The highest BCUT2D eigenvalue weighted by atomic mass is 32.2. The van der Waals surface area contributed by atoms with Crippen LogP contribution in [0.2, 0.25) is 0 Å². The maximum atomic E-state index is 10.9. The minimum Gasteiger partial charge on any atom is -0.497 e. The Labute approximate surface area is 117 Å². The Morgan fingerprint density at radius 1 is 1.28 bits per heavy atom. The first kappa shape index (κ1) is 15.0. The zero-order chi connectivity index (χ0) is 13.4. The molecule has 0 unspecified atom stereocenters. The summed E-state index contributed by atoms with van der Waals surface area (Å²) in [7, 11) is 3.03. The number of ether oxygens (including phenoxy) is 2. The van der Waals surface area contributed by atoms with Gasteiger partial charge in [-0.25, -0.2) is 0 Å². The van der Waals surface area contributed by atoms with Crippen LogP contribution in [0.15, 0.2) is 24.3 Å². The van der Waals surface area contributed by atoms with Crippen molar-refractivity contribution in [3.63, 3.8) is 0 Å². The van der Waals surface area contributed by atoms with Gasteiger partial charge in [0, 0.05) is 6.42 Å². The summed E-state index contributed by atoms with van der Waals surface area (Å²) in [4.78, 5) is 10.9. The van der Waals surface area contributed by atoms with Crippen LogP contribution >= 0.6 is 24.0 Å². The lowest BCUT2D eigenvalue weighted by Gasteiger charge is -2.05. The van der Waals surface area contributed by atoms with Gasteiger partial charge in [-0.05, 0) is 42.0 Å². The molecule has 0 saturated carbocycles. The molecule has 0 radical (unpaired) electrons. The van der Waals surface area contributed by atoms with Crippen molar-refractivity contribution >= 4 is 34.1 Å². The number of carbonyl (C=O) groups excluding carboxylic acids is 1. The van der Waals surface area contributed by atoms with Gasteiger partial charge in [0.1, 0.15) is 5.75 Å². The maximum absolute atomic E-state index is 10.9. The molecule has 0 N–H and O–H groups in total. The van der Waals surface area contributed by atoms with Crippen LogP contribution in [0, 0.1) is 0 Å². The average molecular weight is 284 g/mol. The molecule has 0 amide bonds. The van der Waals surface area contributed by atoms with Crippen LogP contribution < -0.4 is 4.74 Å².